The van der Waals surface area contributed by atoms with E-state index >= 15 is 0 Å². The Morgan fingerprint density at radius 3 is 2.45 bits per heavy atom. The van der Waals surface area contributed by atoms with Gasteiger partial charge in [0.2, 0.25) is 5.91 Å². The Morgan fingerprint density at radius 1 is 1.13 bits per heavy atom. The first-order valence-electron chi connectivity index (χ1n) is 12.4. The number of nitrogens with one attached hydrogen (secondary N) is 1. The van der Waals surface area contributed by atoms with Gasteiger partial charge in [0.1, 0.15) is 35.3 Å². The molecule has 2 aromatic carbocycles. The lowest BCUT2D eigenvalue weighted by Gasteiger charge is -2.26. The van der Waals surface area contributed by atoms with Crippen molar-refractivity contribution in [2.75, 3.05) is 12.8 Å². The van der Waals surface area contributed by atoms with E-state index in [9.17, 15) is 13.6 Å². The van der Waals surface area contributed by atoms with Crippen LogP contribution in [0.1, 0.15) is 49.4 Å². The molecule has 0 spiro atoms. The topological polar surface area (TPSA) is 102 Å². The number of rotatable bonds is 6. The average Bonchev–Trinajstić information content (AvgIpc) is 2.89. The smallest absolute Gasteiger partial charge is 0.243 e. The molecule has 0 unspecified atom stereocenters. The number of aryl methyl sites for hydroxylation is 1. The maximum absolute atomic E-state index is 14.7. The number of hydrogen-bond donors (Lipinski definition) is 2. The van der Waals surface area contributed by atoms with Crippen LogP contribution in [0.25, 0.3) is 0 Å². The van der Waals surface area contributed by atoms with Gasteiger partial charge in [0.15, 0.2) is 0 Å². The normalized spacial score (nSPS) is 17.1. The number of amides is 1. The van der Waals surface area contributed by atoms with Crippen molar-refractivity contribution in [2.45, 2.75) is 45.6 Å². The van der Waals surface area contributed by atoms with Crippen molar-refractivity contribution < 1.29 is 18.3 Å². The van der Waals surface area contributed by atoms with Crippen molar-refractivity contribution in [1.29, 1.82) is 0 Å². The molecule has 0 aliphatic heterocycles. The Kier molecular flexibility index (Phi) is 10.0. The number of carbonyl (C=O) groups is 1. The number of nitrogens with zero attached hydrogens (tertiary/aromatic N) is 3. The molecule has 7 nitrogen and oxygen atoms in total. The first-order valence-corrected chi connectivity index (χ1v) is 12.4. The maximum Gasteiger partial charge on any atom is 0.243 e. The zero-order valence-electron chi connectivity index (χ0n) is 21.9. The number of aliphatic imine (C=N–C) groups is 1. The number of carbonyl (C=O) groups excluding carboxylic acids is 1. The van der Waals surface area contributed by atoms with Crippen LogP contribution in [0.4, 0.5) is 14.6 Å². The number of benzene rings is 2. The Balaban J connectivity index is 0.000000279. The second kappa shape index (κ2) is 13.4. The SMILES string of the molecule is C=CC(=O)NC1CCC(C)CC1.CN=C(c1ccc(Oc2cccc(F)c2)cc1F)c1c(C)ncnc1N. The van der Waals surface area contributed by atoms with Crippen LogP contribution in [0, 0.1) is 24.5 Å². The summed E-state index contributed by atoms with van der Waals surface area (Å²) in [5, 5.41) is 2.93. The summed E-state index contributed by atoms with van der Waals surface area (Å²) < 4.78 is 33.4. The first kappa shape index (κ1) is 28.4. The summed E-state index contributed by atoms with van der Waals surface area (Å²) in [5.41, 5.74) is 7.57. The molecule has 3 aromatic rings. The number of halogens is 2. The minimum absolute atomic E-state index is 0.0328. The minimum Gasteiger partial charge on any atom is -0.457 e. The number of nitrogen functional groups attached to an aromatic ring is 1. The van der Waals surface area contributed by atoms with Crippen LogP contribution in [0.2, 0.25) is 0 Å². The number of aromatic nitrogens is 2. The van der Waals surface area contributed by atoms with Gasteiger partial charge in [-0.2, -0.15) is 0 Å². The molecule has 1 amide bonds. The first-order chi connectivity index (χ1) is 18.2. The lowest BCUT2D eigenvalue weighted by molar-refractivity contribution is -0.117. The van der Waals surface area contributed by atoms with Gasteiger partial charge in [-0.1, -0.05) is 19.6 Å². The van der Waals surface area contributed by atoms with Gasteiger partial charge < -0.3 is 15.8 Å². The van der Waals surface area contributed by atoms with E-state index in [1.807, 2.05) is 0 Å². The van der Waals surface area contributed by atoms with Gasteiger partial charge in [0.25, 0.3) is 0 Å². The monoisotopic (exact) mass is 521 g/mol. The fraction of sp³-hybridized carbons (Fsp3) is 0.310. The van der Waals surface area contributed by atoms with Crippen LogP contribution in [-0.2, 0) is 4.79 Å². The molecule has 1 aliphatic rings. The largest absolute Gasteiger partial charge is 0.457 e. The van der Waals surface area contributed by atoms with Crippen molar-refractivity contribution >= 4 is 17.4 Å². The predicted molar refractivity (Wildman–Crippen MR) is 145 cm³/mol. The van der Waals surface area contributed by atoms with Gasteiger partial charge in [0, 0.05) is 30.8 Å². The molecule has 4 rings (SSSR count). The Labute approximate surface area is 221 Å². The Morgan fingerprint density at radius 2 is 1.84 bits per heavy atom. The highest BCUT2D eigenvalue weighted by atomic mass is 19.1. The number of ether oxygens (including phenoxy) is 1. The molecule has 0 bridgehead atoms. The van der Waals surface area contributed by atoms with Gasteiger partial charge in [-0.3, -0.25) is 9.79 Å². The fourth-order valence-electron chi connectivity index (χ4n) is 4.23. The second-order valence-corrected chi connectivity index (χ2v) is 9.16. The van der Waals surface area contributed by atoms with Gasteiger partial charge >= 0.3 is 0 Å². The zero-order valence-corrected chi connectivity index (χ0v) is 21.9. The average molecular weight is 522 g/mol. The molecular formula is C29H33F2N5O2. The van der Waals surface area contributed by atoms with E-state index in [-0.39, 0.29) is 28.8 Å². The summed E-state index contributed by atoms with van der Waals surface area (Å²) in [6.45, 7) is 7.45. The third-order valence-electron chi connectivity index (χ3n) is 6.30. The van der Waals surface area contributed by atoms with Crippen molar-refractivity contribution in [2.24, 2.45) is 10.9 Å². The molecule has 1 heterocycles. The Bertz CT molecular complexity index is 1280. The molecule has 9 heteroatoms. The van der Waals surface area contributed by atoms with Crippen LogP contribution < -0.4 is 15.8 Å². The molecule has 1 fully saturated rings. The van der Waals surface area contributed by atoms with E-state index in [1.54, 1.807) is 19.1 Å². The molecule has 0 radical (unpaired) electrons. The highest BCUT2D eigenvalue weighted by molar-refractivity contribution is 6.16. The minimum atomic E-state index is -0.554. The quantitative estimate of drug-likeness (QED) is 0.317. The second-order valence-electron chi connectivity index (χ2n) is 9.16. The van der Waals surface area contributed by atoms with Gasteiger partial charge in [-0.25, -0.2) is 18.7 Å². The predicted octanol–water partition coefficient (Wildman–Crippen LogP) is 5.77. The van der Waals surface area contributed by atoms with Crippen molar-refractivity contribution in [3.63, 3.8) is 0 Å². The highest BCUT2D eigenvalue weighted by Crippen LogP contribution is 2.27. The van der Waals surface area contributed by atoms with E-state index in [0.29, 0.717) is 23.0 Å². The van der Waals surface area contributed by atoms with E-state index in [2.05, 4.69) is 33.8 Å². The van der Waals surface area contributed by atoms with Crippen LogP contribution >= 0.6 is 0 Å². The van der Waals surface area contributed by atoms with E-state index < -0.39 is 11.6 Å². The van der Waals surface area contributed by atoms with E-state index in [1.165, 1.54) is 62.6 Å². The molecule has 0 saturated heterocycles. The summed E-state index contributed by atoms with van der Waals surface area (Å²) in [5.74, 6) is 0.547. The molecule has 1 saturated carbocycles. The highest BCUT2D eigenvalue weighted by Gasteiger charge is 2.19. The van der Waals surface area contributed by atoms with Gasteiger partial charge in [-0.15, -0.1) is 0 Å². The van der Waals surface area contributed by atoms with Crippen molar-refractivity contribution in [3.05, 3.63) is 89.9 Å². The van der Waals surface area contributed by atoms with E-state index in [0.717, 1.165) is 18.8 Å². The standard InChI is InChI=1S/C19H16F2N4O.C10H17NO/c1-11-17(19(22)25-10-24-11)18(23-2)15-7-6-14(9-16(15)21)26-13-5-3-4-12(20)8-13;1-3-10(12)11-9-6-4-8(2)5-7-9/h3-10H,1-2H3,(H2,22,24,25);3,8-9H,1,4-7H2,2H3,(H,11,12). The number of anilines is 1. The summed E-state index contributed by atoms with van der Waals surface area (Å²) in [6.07, 6.45) is 7.41. The van der Waals surface area contributed by atoms with Crippen LogP contribution in [0.3, 0.4) is 0 Å². The summed E-state index contributed by atoms with van der Waals surface area (Å²) >= 11 is 0. The van der Waals surface area contributed by atoms with Gasteiger partial charge in [-0.05, 0) is 68.9 Å². The number of nitrogens with two attached hydrogens (primary N) is 1. The van der Waals surface area contributed by atoms with Crippen LogP contribution in [-0.4, -0.2) is 34.7 Å². The summed E-state index contributed by atoms with van der Waals surface area (Å²) in [6, 6.07) is 10.3. The third kappa shape index (κ3) is 7.68. The molecule has 1 aliphatic carbocycles. The zero-order chi connectivity index (χ0) is 27.7. The molecule has 0 atom stereocenters. The molecule has 1 aromatic heterocycles. The molecule has 200 valence electrons. The maximum atomic E-state index is 14.7. The number of hydrogen-bond acceptors (Lipinski definition) is 6. The summed E-state index contributed by atoms with van der Waals surface area (Å²) in [4.78, 5) is 23.1. The Hall–Kier alpha value is -4.14. The van der Waals surface area contributed by atoms with Crippen LogP contribution in [0.15, 0.2) is 66.4 Å². The molecule has 3 N–H and O–H groups in total. The fourth-order valence-corrected chi connectivity index (χ4v) is 4.23. The third-order valence-corrected chi connectivity index (χ3v) is 6.30. The van der Waals surface area contributed by atoms with Gasteiger partial charge in [0.05, 0.1) is 17.0 Å². The van der Waals surface area contributed by atoms with Crippen LogP contribution in [0.5, 0.6) is 11.5 Å². The van der Waals surface area contributed by atoms with Crippen molar-refractivity contribution in [1.82, 2.24) is 15.3 Å². The van der Waals surface area contributed by atoms with Crippen molar-refractivity contribution in [3.8, 4) is 11.5 Å². The molecular weight excluding hydrogens is 488 g/mol. The lowest BCUT2D eigenvalue weighted by atomic mass is 9.87. The summed E-state index contributed by atoms with van der Waals surface area (Å²) in [7, 11) is 1.54. The van der Waals surface area contributed by atoms with E-state index in [4.69, 9.17) is 10.5 Å². The molecule has 38 heavy (non-hydrogen) atoms. The lowest BCUT2D eigenvalue weighted by Crippen LogP contribution is -2.36.